The van der Waals surface area contributed by atoms with Gasteiger partial charge in [0.1, 0.15) is 15.9 Å². The fraction of sp³-hybridized carbons (Fsp3) is 0.833. The van der Waals surface area contributed by atoms with E-state index in [1.807, 2.05) is 0 Å². The van der Waals surface area contributed by atoms with Gasteiger partial charge in [0, 0.05) is 19.3 Å². The Kier molecular flexibility index (Phi) is 4.13. The number of nitrogens with zero attached hydrogens (tertiary/aromatic N) is 2. The summed E-state index contributed by atoms with van der Waals surface area (Å²) in [6, 6.07) is -0.312. The van der Waals surface area contributed by atoms with Gasteiger partial charge >= 0.3 is 0 Å². The molecule has 1 atom stereocenters. The van der Waals surface area contributed by atoms with E-state index in [-0.39, 0.29) is 30.2 Å². The second-order valence-electron chi connectivity index (χ2n) is 5.34. The molecule has 7 heteroatoms. The van der Waals surface area contributed by atoms with Gasteiger partial charge in [-0.25, -0.2) is 8.42 Å². The summed E-state index contributed by atoms with van der Waals surface area (Å²) in [5.41, 5.74) is 0. The Morgan fingerprint density at radius 1 is 1.26 bits per heavy atom. The largest absolute Gasteiger partial charge is 0.332 e. The molecule has 2 amide bonds. The summed E-state index contributed by atoms with van der Waals surface area (Å²) in [4.78, 5) is 27.4. The number of piperazine rings is 1. The Hall–Kier alpha value is -1.11. The molecule has 0 N–H and O–H groups in total. The number of piperidine rings is 1. The normalized spacial score (nSPS) is 24.6. The molecule has 2 aliphatic heterocycles. The topological polar surface area (TPSA) is 74.8 Å². The number of carbonyl (C=O) groups is 2. The van der Waals surface area contributed by atoms with E-state index >= 15 is 0 Å². The highest BCUT2D eigenvalue weighted by Crippen LogP contribution is 2.23. The SMILES string of the molecule is CS(=O)(=O)CCCN1CC(=O)N2CCCCC2C1=O. The molecular weight excluding hydrogens is 268 g/mol. The van der Waals surface area contributed by atoms with Crippen LogP contribution >= 0.6 is 0 Å². The van der Waals surface area contributed by atoms with Crippen molar-refractivity contribution in [3.05, 3.63) is 0 Å². The molecule has 1 unspecified atom stereocenters. The first kappa shape index (κ1) is 14.3. The Balaban J connectivity index is 1.95. The molecule has 0 radical (unpaired) electrons. The van der Waals surface area contributed by atoms with Gasteiger partial charge in [0.25, 0.3) is 0 Å². The zero-order valence-corrected chi connectivity index (χ0v) is 12.0. The molecule has 0 aromatic carbocycles. The number of sulfone groups is 1. The maximum Gasteiger partial charge on any atom is 0.245 e. The van der Waals surface area contributed by atoms with Gasteiger partial charge in [-0.05, 0) is 25.7 Å². The molecule has 2 rings (SSSR count). The third kappa shape index (κ3) is 3.46. The van der Waals surface area contributed by atoms with E-state index in [0.717, 1.165) is 19.3 Å². The summed E-state index contributed by atoms with van der Waals surface area (Å²) in [7, 11) is -3.01. The molecule has 0 aromatic rings. The lowest BCUT2D eigenvalue weighted by Crippen LogP contribution is -2.61. The van der Waals surface area contributed by atoms with Crippen molar-refractivity contribution in [1.82, 2.24) is 9.80 Å². The van der Waals surface area contributed by atoms with Crippen LogP contribution in [0.5, 0.6) is 0 Å². The molecule has 0 spiro atoms. The van der Waals surface area contributed by atoms with Crippen LogP contribution in [0.4, 0.5) is 0 Å². The molecule has 0 aromatic heterocycles. The zero-order valence-electron chi connectivity index (χ0n) is 11.2. The number of amides is 2. The van der Waals surface area contributed by atoms with Gasteiger partial charge in [-0.2, -0.15) is 0 Å². The first-order valence-corrected chi connectivity index (χ1v) is 8.70. The third-order valence-electron chi connectivity index (χ3n) is 3.69. The second kappa shape index (κ2) is 5.48. The number of carbonyl (C=O) groups excluding carboxylic acids is 2. The number of hydrogen-bond donors (Lipinski definition) is 0. The number of hydrogen-bond acceptors (Lipinski definition) is 4. The van der Waals surface area contributed by atoms with E-state index < -0.39 is 9.84 Å². The minimum Gasteiger partial charge on any atom is -0.332 e. The monoisotopic (exact) mass is 288 g/mol. The predicted molar refractivity (Wildman–Crippen MR) is 70.3 cm³/mol. The van der Waals surface area contributed by atoms with Gasteiger partial charge in [-0.1, -0.05) is 0 Å². The van der Waals surface area contributed by atoms with Crippen molar-refractivity contribution >= 4 is 21.7 Å². The standard InChI is InChI=1S/C12H20N2O4S/c1-19(17,18)8-4-6-13-9-11(15)14-7-3-2-5-10(14)12(13)16/h10H,2-9H2,1H3. The fourth-order valence-electron chi connectivity index (χ4n) is 2.74. The number of rotatable bonds is 4. The Morgan fingerprint density at radius 2 is 2.00 bits per heavy atom. The van der Waals surface area contributed by atoms with Crippen molar-refractivity contribution in [3.8, 4) is 0 Å². The van der Waals surface area contributed by atoms with Crippen molar-refractivity contribution < 1.29 is 18.0 Å². The van der Waals surface area contributed by atoms with Crippen LogP contribution < -0.4 is 0 Å². The first-order valence-electron chi connectivity index (χ1n) is 6.64. The van der Waals surface area contributed by atoms with Crippen molar-refractivity contribution in [2.45, 2.75) is 31.7 Å². The minimum atomic E-state index is -3.01. The molecule has 0 saturated carbocycles. The van der Waals surface area contributed by atoms with Crippen LogP contribution in [0.15, 0.2) is 0 Å². The maximum absolute atomic E-state index is 12.2. The van der Waals surface area contributed by atoms with E-state index in [1.54, 1.807) is 4.90 Å². The molecule has 2 aliphatic rings. The summed E-state index contributed by atoms with van der Waals surface area (Å²) in [6.45, 7) is 1.12. The summed E-state index contributed by atoms with van der Waals surface area (Å²) in [6.07, 6.45) is 4.23. The smallest absolute Gasteiger partial charge is 0.245 e. The van der Waals surface area contributed by atoms with Crippen LogP contribution in [0, 0.1) is 0 Å². The summed E-state index contributed by atoms with van der Waals surface area (Å²) in [5.74, 6) is 0.0239. The molecule has 6 nitrogen and oxygen atoms in total. The second-order valence-corrected chi connectivity index (χ2v) is 7.60. The van der Waals surface area contributed by atoms with Crippen LogP contribution in [-0.4, -0.2) is 67.7 Å². The number of fused-ring (bicyclic) bond motifs is 1. The highest BCUT2D eigenvalue weighted by molar-refractivity contribution is 7.90. The van der Waals surface area contributed by atoms with E-state index in [4.69, 9.17) is 0 Å². The van der Waals surface area contributed by atoms with E-state index in [2.05, 4.69) is 0 Å². The van der Waals surface area contributed by atoms with Crippen LogP contribution in [0.3, 0.4) is 0 Å². The average molecular weight is 288 g/mol. The van der Waals surface area contributed by atoms with Crippen LogP contribution in [0.1, 0.15) is 25.7 Å². The maximum atomic E-state index is 12.2. The molecule has 108 valence electrons. The molecule has 0 aliphatic carbocycles. The summed E-state index contributed by atoms with van der Waals surface area (Å²) < 4.78 is 22.1. The van der Waals surface area contributed by atoms with Crippen molar-refractivity contribution in [2.24, 2.45) is 0 Å². The highest BCUT2D eigenvalue weighted by Gasteiger charge is 2.39. The molecule has 2 fully saturated rings. The minimum absolute atomic E-state index is 0.0105. The Morgan fingerprint density at radius 3 is 2.68 bits per heavy atom. The van der Waals surface area contributed by atoms with Gasteiger partial charge in [-0.15, -0.1) is 0 Å². The first-order chi connectivity index (χ1) is 8.88. The van der Waals surface area contributed by atoms with Gasteiger partial charge in [-0.3, -0.25) is 9.59 Å². The summed E-state index contributed by atoms with van der Waals surface area (Å²) >= 11 is 0. The fourth-order valence-corrected chi connectivity index (χ4v) is 3.39. The summed E-state index contributed by atoms with van der Waals surface area (Å²) in [5, 5.41) is 0. The van der Waals surface area contributed by atoms with Gasteiger partial charge < -0.3 is 9.80 Å². The quantitative estimate of drug-likeness (QED) is 0.708. The molecule has 2 saturated heterocycles. The molecule has 2 heterocycles. The van der Waals surface area contributed by atoms with Crippen molar-refractivity contribution in [3.63, 3.8) is 0 Å². The highest BCUT2D eigenvalue weighted by atomic mass is 32.2. The lowest BCUT2D eigenvalue weighted by Gasteiger charge is -2.42. The third-order valence-corrected chi connectivity index (χ3v) is 4.72. The van der Waals surface area contributed by atoms with E-state index in [9.17, 15) is 18.0 Å². The molecule has 19 heavy (non-hydrogen) atoms. The Bertz CT molecular complexity index is 474. The average Bonchev–Trinajstić information content (AvgIpc) is 2.34. The van der Waals surface area contributed by atoms with E-state index in [1.165, 1.54) is 11.2 Å². The molecular formula is C12H20N2O4S. The lowest BCUT2D eigenvalue weighted by atomic mass is 9.98. The van der Waals surface area contributed by atoms with Gasteiger partial charge in [0.2, 0.25) is 11.8 Å². The molecule has 0 bridgehead atoms. The van der Waals surface area contributed by atoms with Gasteiger partial charge in [0.15, 0.2) is 0 Å². The van der Waals surface area contributed by atoms with Crippen LogP contribution in [0.25, 0.3) is 0 Å². The predicted octanol–water partition coefficient (Wildman–Crippen LogP) is -0.356. The van der Waals surface area contributed by atoms with Gasteiger partial charge in [0.05, 0.1) is 12.3 Å². The van der Waals surface area contributed by atoms with Crippen molar-refractivity contribution in [2.75, 3.05) is 31.6 Å². The van der Waals surface area contributed by atoms with E-state index in [0.29, 0.717) is 19.5 Å². The van der Waals surface area contributed by atoms with Crippen LogP contribution in [0.2, 0.25) is 0 Å². The van der Waals surface area contributed by atoms with Crippen LogP contribution in [-0.2, 0) is 19.4 Å². The zero-order chi connectivity index (χ0) is 14.0. The van der Waals surface area contributed by atoms with Crippen molar-refractivity contribution in [1.29, 1.82) is 0 Å². The lowest BCUT2D eigenvalue weighted by molar-refractivity contribution is -0.157. The Labute approximate surface area is 113 Å².